The van der Waals surface area contributed by atoms with E-state index in [0.29, 0.717) is 31.9 Å². The summed E-state index contributed by atoms with van der Waals surface area (Å²) in [7, 11) is 0. The van der Waals surface area contributed by atoms with E-state index in [-0.39, 0.29) is 5.91 Å². The summed E-state index contributed by atoms with van der Waals surface area (Å²) in [6, 6.07) is 27.9. The molecule has 1 aliphatic rings. The van der Waals surface area contributed by atoms with Crippen molar-refractivity contribution in [3.8, 4) is 22.6 Å². The molecule has 0 N–H and O–H groups in total. The van der Waals surface area contributed by atoms with Gasteiger partial charge in [0.15, 0.2) is 11.5 Å². The Hall–Kier alpha value is -4.12. The summed E-state index contributed by atoms with van der Waals surface area (Å²) in [5.74, 6) is 1.42. The van der Waals surface area contributed by atoms with Gasteiger partial charge in [0.2, 0.25) is 0 Å². The zero-order chi connectivity index (χ0) is 22.5. The number of carbonyl (C=O) groups is 1. The number of hydrogen-bond donors (Lipinski definition) is 0. The number of pyridine rings is 1. The Bertz CT molecular complexity index is 1240. The SMILES string of the molecule is O=C(c1ccncc1)N(Cc1cccc(-c2ccccc2)c1)Cc1ccc2c(c1)OCCO2. The second kappa shape index (κ2) is 9.57. The first kappa shape index (κ1) is 20.8. The Kier molecular flexibility index (Phi) is 6.02. The molecule has 1 aromatic heterocycles. The Balaban J connectivity index is 1.44. The third kappa shape index (κ3) is 4.88. The fraction of sp³-hybridized carbons (Fsp3) is 0.143. The number of amides is 1. The first-order valence-corrected chi connectivity index (χ1v) is 11.0. The van der Waals surface area contributed by atoms with Gasteiger partial charge in [-0.1, -0.05) is 54.6 Å². The summed E-state index contributed by atoms with van der Waals surface area (Å²) >= 11 is 0. The molecular weight excluding hydrogens is 412 g/mol. The molecule has 1 aliphatic heterocycles. The van der Waals surface area contributed by atoms with E-state index in [9.17, 15) is 4.79 Å². The van der Waals surface area contributed by atoms with E-state index in [4.69, 9.17) is 9.47 Å². The highest BCUT2D eigenvalue weighted by molar-refractivity contribution is 5.94. The van der Waals surface area contributed by atoms with Crippen molar-refractivity contribution in [2.45, 2.75) is 13.1 Å². The minimum absolute atomic E-state index is 0.0441. The van der Waals surface area contributed by atoms with E-state index in [1.54, 1.807) is 24.5 Å². The van der Waals surface area contributed by atoms with E-state index in [1.807, 2.05) is 47.4 Å². The van der Waals surface area contributed by atoms with Gasteiger partial charge in [0.25, 0.3) is 5.91 Å². The molecule has 2 heterocycles. The van der Waals surface area contributed by atoms with E-state index in [2.05, 4.69) is 35.3 Å². The molecule has 0 radical (unpaired) electrons. The maximum atomic E-state index is 13.4. The molecule has 0 saturated heterocycles. The lowest BCUT2D eigenvalue weighted by molar-refractivity contribution is 0.0729. The molecule has 3 aromatic carbocycles. The van der Waals surface area contributed by atoms with Gasteiger partial charge in [-0.2, -0.15) is 0 Å². The number of fused-ring (bicyclic) bond motifs is 1. The average Bonchev–Trinajstić information content (AvgIpc) is 2.89. The second-order valence-corrected chi connectivity index (χ2v) is 7.94. The topological polar surface area (TPSA) is 51.7 Å². The van der Waals surface area contributed by atoms with Crippen LogP contribution >= 0.6 is 0 Å². The quantitative estimate of drug-likeness (QED) is 0.408. The molecule has 1 amide bonds. The molecule has 33 heavy (non-hydrogen) atoms. The van der Waals surface area contributed by atoms with Crippen LogP contribution in [0.25, 0.3) is 11.1 Å². The number of hydrogen-bond acceptors (Lipinski definition) is 4. The Morgan fingerprint density at radius 1 is 0.727 bits per heavy atom. The molecule has 5 rings (SSSR count). The fourth-order valence-electron chi connectivity index (χ4n) is 3.98. The Morgan fingerprint density at radius 2 is 1.42 bits per heavy atom. The lowest BCUT2D eigenvalue weighted by Gasteiger charge is -2.25. The zero-order valence-electron chi connectivity index (χ0n) is 18.2. The van der Waals surface area contributed by atoms with E-state index in [1.165, 1.54) is 0 Å². The third-order valence-electron chi connectivity index (χ3n) is 5.60. The molecule has 0 aliphatic carbocycles. The summed E-state index contributed by atoms with van der Waals surface area (Å²) in [4.78, 5) is 19.3. The number of nitrogens with zero attached hydrogens (tertiary/aromatic N) is 2. The molecular formula is C28H24N2O3. The van der Waals surface area contributed by atoms with Crippen molar-refractivity contribution in [1.82, 2.24) is 9.88 Å². The molecule has 0 saturated carbocycles. The van der Waals surface area contributed by atoms with Crippen molar-refractivity contribution >= 4 is 5.91 Å². The normalized spacial score (nSPS) is 12.2. The molecule has 0 fully saturated rings. The van der Waals surface area contributed by atoms with Gasteiger partial charge in [-0.05, 0) is 52.6 Å². The average molecular weight is 437 g/mol. The van der Waals surface area contributed by atoms with E-state index >= 15 is 0 Å². The summed E-state index contributed by atoms with van der Waals surface area (Å²) in [6.45, 7) is 2.02. The lowest BCUT2D eigenvalue weighted by atomic mass is 10.0. The molecule has 0 atom stereocenters. The van der Waals surface area contributed by atoms with Crippen LogP contribution in [0.5, 0.6) is 11.5 Å². The van der Waals surface area contributed by atoms with Crippen molar-refractivity contribution in [2.24, 2.45) is 0 Å². The van der Waals surface area contributed by atoms with Crippen molar-refractivity contribution < 1.29 is 14.3 Å². The number of ether oxygens (including phenoxy) is 2. The van der Waals surface area contributed by atoms with Crippen LogP contribution in [0.15, 0.2) is 97.3 Å². The number of carbonyl (C=O) groups excluding carboxylic acids is 1. The van der Waals surface area contributed by atoms with Gasteiger partial charge >= 0.3 is 0 Å². The van der Waals surface area contributed by atoms with Crippen LogP contribution in [0, 0.1) is 0 Å². The Morgan fingerprint density at radius 3 is 2.21 bits per heavy atom. The zero-order valence-corrected chi connectivity index (χ0v) is 18.2. The predicted molar refractivity (Wildman–Crippen MR) is 127 cm³/mol. The lowest BCUT2D eigenvalue weighted by Crippen LogP contribution is -2.30. The predicted octanol–water partition coefficient (Wildman–Crippen LogP) is 5.36. The molecule has 164 valence electrons. The van der Waals surface area contributed by atoms with Crippen LogP contribution in [0.4, 0.5) is 0 Å². The van der Waals surface area contributed by atoms with E-state index in [0.717, 1.165) is 33.8 Å². The molecule has 5 nitrogen and oxygen atoms in total. The maximum Gasteiger partial charge on any atom is 0.254 e. The maximum absolute atomic E-state index is 13.4. The smallest absolute Gasteiger partial charge is 0.254 e. The Labute approximate surface area is 193 Å². The van der Waals surface area contributed by atoms with Crippen LogP contribution in [-0.2, 0) is 13.1 Å². The van der Waals surface area contributed by atoms with Gasteiger partial charge in [-0.15, -0.1) is 0 Å². The highest BCUT2D eigenvalue weighted by atomic mass is 16.6. The third-order valence-corrected chi connectivity index (χ3v) is 5.60. The van der Waals surface area contributed by atoms with Crippen LogP contribution in [-0.4, -0.2) is 29.0 Å². The first-order chi connectivity index (χ1) is 16.3. The van der Waals surface area contributed by atoms with Gasteiger partial charge in [0, 0.05) is 31.0 Å². The van der Waals surface area contributed by atoms with Crippen molar-refractivity contribution in [3.63, 3.8) is 0 Å². The number of benzene rings is 3. The standard InChI is InChI=1S/C28H24N2O3/c31-28(24-11-13-29-14-12-24)30(20-22-9-10-26-27(18-22)33-16-15-32-26)19-21-5-4-8-25(17-21)23-6-2-1-3-7-23/h1-14,17-18H,15-16,19-20H2. The van der Waals surface area contributed by atoms with Gasteiger partial charge in [-0.25, -0.2) is 0 Å². The summed E-state index contributed by atoms with van der Waals surface area (Å²) in [5.41, 5.74) is 4.95. The van der Waals surface area contributed by atoms with Crippen molar-refractivity contribution in [3.05, 3.63) is 114 Å². The minimum Gasteiger partial charge on any atom is -0.486 e. The van der Waals surface area contributed by atoms with Gasteiger partial charge in [0.1, 0.15) is 13.2 Å². The summed E-state index contributed by atoms with van der Waals surface area (Å²) in [5, 5.41) is 0. The first-order valence-electron chi connectivity index (χ1n) is 11.0. The largest absolute Gasteiger partial charge is 0.486 e. The van der Waals surface area contributed by atoms with Gasteiger partial charge in [-0.3, -0.25) is 9.78 Å². The molecule has 0 bridgehead atoms. The van der Waals surface area contributed by atoms with Crippen LogP contribution < -0.4 is 9.47 Å². The highest BCUT2D eigenvalue weighted by Crippen LogP contribution is 2.31. The van der Waals surface area contributed by atoms with E-state index < -0.39 is 0 Å². The van der Waals surface area contributed by atoms with Crippen LogP contribution in [0.1, 0.15) is 21.5 Å². The monoisotopic (exact) mass is 436 g/mol. The fourth-order valence-corrected chi connectivity index (χ4v) is 3.98. The minimum atomic E-state index is -0.0441. The van der Waals surface area contributed by atoms with Crippen molar-refractivity contribution in [2.75, 3.05) is 13.2 Å². The number of rotatable bonds is 6. The molecule has 4 aromatic rings. The summed E-state index contributed by atoms with van der Waals surface area (Å²) in [6.07, 6.45) is 3.29. The highest BCUT2D eigenvalue weighted by Gasteiger charge is 2.19. The number of aromatic nitrogens is 1. The molecule has 0 spiro atoms. The summed E-state index contributed by atoms with van der Waals surface area (Å²) < 4.78 is 11.4. The van der Waals surface area contributed by atoms with Crippen molar-refractivity contribution in [1.29, 1.82) is 0 Å². The molecule has 0 unspecified atom stereocenters. The van der Waals surface area contributed by atoms with Gasteiger partial charge < -0.3 is 14.4 Å². The van der Waals surface area contributed by atoms with Crippen LogP contribution in [0.2, 0.25) is 0 Å². The molecule has 5 heteroatoms. The van der Waals surface area contributed by atoms with Crippen LogP contribution in [0.3, 0.4) is 0 Å². The van der Waals surface area contributed by atoms with Gasteiger partial charge in [0.05, 0.1) is 0 Å². The second-order valence-electron chi connectivity index (χ2n) is 7.94.